The van der Waals surface area contributed by atoms with Crippen molar-refractivity contribution in [3.8, 4) is 0 Å². The summed E-state index contributed by atoms with van der Waals surface area (Å²) in [5, 5.41) is 11.8. The van der Waals surface area contributed by atoms with E-state index in [1.807, 2.05) is 12.1 Å². The van der Waals surface area contributed by atoms with Crippen molar-refractivity contribution in [2.45, 2.75) is 32.4 Å². The summed E-state index contributed by atoms with van der Waals surface area (Å²) in [5.74, 6) is 0.886. The largest absolute Gasteiger partial charge is 0.409 e. The van der Waals surface area contributed by atoms with Crippen LogP contribution >= 0.6 is 0 Å². The molecule has 2 rings (SSSR count). The van der Waals surface area contributed by atoms with E-state index in [-0.39, 0.29) is 5.84 Å². The van der Waals surface area contributed by atoms with Crippen LogP contribution in [0.1, 0.15) is 31.0 Å². The van der Waals surface area contributed by atoms with E-state index in [1.165, 1.54) is 12.8 Å². The lowest BCUT2D eigenvalue weighted by Gasteiger charge is -2.25. The van der Waals surface area contributed by atoms with Crippen LogP contribution in [0, 0.1) is 5.92 Å². The molecular formula is C13H20N4O. The monoisotopic (exact) mass is 248 g/mol. The molecule has 1 unspecified atom stereocenters. The molecule has 0 spiro atoms. The Kier molecular flexibility index (Phi) is 3.81. The molecule has 0 saturated heterocycles. The molecule has 0 aromatic carbocycles. The maximum Gasteiger partial charge on any atom is 0.189 e. The number of pyridine rings is 1. The number of rotatable bonds is 5. The minimum absolute atomic E-state index is 0.0677. The van der Waals surface area contributed by atoms with Gasteiger partial charge in [-0.15, -0.1) is 0 Å². The highest BCUT2D eigenvalue weighted by atomic mass is 16.4. The van der Waals surface area contributed by atoms with Gasteiger partial charge in [-0.05, 0) is 44.4 Å². The van der Waals surface area contributed by atoms with E-state index in [2.05, 4.69) is 29.0 Å². The zero-order valence-corrected chi connectivity index (χ0v) is 10.9. The number of nitrogens with zero attached hydrogens (tertiary/aromatic N) is 3. The van der Waals surface area contributed by atoms with Crippen LogP contribution < -0.4 is 5.73 Å². The van der Waals surface area contributed by atoms with Crippen molar-refractivity contribution in [1.29, 1.82) is 0 Å². The summed E-state index contributed by atoms with van der Waals surface area (Å²) < 4.78 is 0. The third kappa shape index (κ3) is 2.79. The van der Waals surface area contributed by atoms with Crippen LogP contribution in [-0.2, 0) is 6.54 Å². The van der Waals surface area contributed by atoms with Gasteiger partial charge in [0.25, 0.3) is 0 Å². The fourth-order valence-corrected chi connectivity index (χ4v) is 2.20. The van der Waals surface area contributed by atoms with Crippen molar-refractivity contribution in [2.24, 2.45) is 16.8 Å². The minimum atomic E-state index is 0.0677. The van der Waals surface area contributed by atoms with E-state index in [1.54, 1.807) is 6.20 Å². The zero-order chi connectivity index (χ0) is 13.1. The topological polar surface area (TPSA) is 74.7 Å². The van der Waals surface area contributed by atoms with E-state index in [0.717, 1.165) is 18.0 Å². The van der Waals surface area contributed by atoms with Gasteiger partial charge in [0.2, 0.25) is 0 Å². The van der Waals surface area contributed by atoms with Crippen LogP contribution in [0.15, 0.2) is 23.5 Å². The normalized spacial score (nSPS) is 18.1. The molecule has 5 heteroatoms. The first-order valence-electron chi connectivity index (χ1n) is 6.25. The molecule has 0 aliphatic heterocycles. The number of hydrogen-bond donors (Lipinski definition) is 2. The highest BCUT2D eigenvalue weighted by molar-refractivity contribution is 5.96. The van der Waals surface area contributed by atoms with Crippen molar-refractivity contribution >= 4 is 5.84 Å². The number of oxime groups is 1. The Labute approximate surface area is 107 Å². The molecule has 1 aromatic rings. The van der Waals surface area contributed by atoms with Crippen molar-refractivity contribution in [3.63, 3.8) is 0 Å². The third-order valence-corrected chi connectivity index (χ3v) is 3.66. The predicted molar refractivity (Wildman–Crippen MR) is 70.4 cm³/mol. The van der Waals surface area contributed by atoms with Crippen LogP contribution in [0.25, 0.3) is 0 Å². The van der Waals surface area contributed by atoms with Gasteiger partial charge < -0.3 is 10.9 Å². The van der Waals surface area contributed by atoms with Gasteiger partial charge in [-0.25, -0.2) is 0 Å². The van der Waals surface area contributed by atoms with Gasteiger partial charge in [-0.3, -0.25) is 9.88 Å². The molecule has 1 fully saturated rings. The summed E-state index contributed by atoms with van der Waals surface area (Å²) in [6.45, 7) is 3.01. The molecule has 98 valence electrons. The van der Waals surface area contributed by atoms with E-state index in [9.17, 15) is 0 Å². The molecule has 1 saturated carbocycles. The molecule has 5 nitrogen and oxygen atoms in total. The summed E-state index contributed by atoms with van der Waals surface area (Å²) in [6, 6.07) is 4.40. The lowest BCUT2D eigenvalue weighted by molar-refractivity contribution is 0.226. The van der Waals surface area contributed by atoms with Crippen molar-refractivity contribution < 1.29 is 5.21 Å². The van der Waals surface area contributed by atoms with Crippen LogP contribution in [-0.4, -0.2) is 34.0 Å². The summed E-state index contributed by atoms with van der Waals surface area (Å²) in [4.78, 5) is 6.47. The Morgan fingerprint density at radius 1 is 1.67 bits per heavy atom. The van der Waals surface area contributed by atoms with Gasteiger partial charge in [0, 0.05) is 18.8 Å². The summed E-state index contributed by atoms with van der Waals surface area (Å²) >= 11 is 0. The zero-order valence-electron chi connectivity index (χ0n) is 10.9. The Bertz CT molecular complexity index is 442. The SMILES string of the molecule is CC(C1CC1)N(C)Cc1cccnc1C(N)=NO. The van der Waals surface area contributed by atoms with Gasteiger partial charge in [0.1, 0.15) is 5.69 Å². The molecule has 1 aliphatic rings. The number of nitrogens with two attached hydrogens (primary N) is 1. The standard InChI is InChI=1S/C13H20N4O/c1-9(10-5-6-10)17(2)8-11-4-3-7-15-12(11)13(14)16-18/h3-4,7,9-10,18H,5-6,8H2,1-2H3,(H2,14,16). The second kappa shape index (κ2) is 5.35. The Balaban J connectivity index is 2.12. The quantitative estimate of drug-likeness (QED) is 0.357. The second-order valence-corrected chi connectivity index (χ2v) is 4.99. The number of aromatic nitrogens is 1. The third-order valence-electron chi connectivity index (χ3n) is 3.66. The van der Waals surface area contributed by atoms with E-state index in [4.69, 9.17) is 10.9 Å². The first-order valence-corrected chi connectivity index (χ1v) is 6.25. The van der Waals surface area contributed by atoms with E-state index < -0.39 is 0 Å². The summed E-state index contributed by atoms with van der Waals surface area (Å²) in [6.07, 6.45) is 4.30. The first-order chi connectivity index (χ1) is 8.63. The molecule has 0 radical (unpaired) electrons. The molecule has 18 heavy (non-hydrogen) atoms. The summed E-state index contributed by atoms with van der Waals surface area (Å²) in [5.41, 5.74) is 7.19. The molecule has 1 atom stereocenters. The fourth-order valence-electron chi connectivity index (χ4n) is 2.20. The van der Waals surface area contributed by atoms with Crippen molar-refractivity contribution in [3.05, 3.63) is 29.6 Å². The number of hydrogen-bond acceptors (Lipinski definition) is 4. The predicted octanol–water partition coefficient (Wildman–Crippen LogP) is 1.41. The molecule has 1 heterocycles. The van der Waals surface area contributed by atoms with E-state index >= 15 is 0 Å². The summed E-state index contributed by atoms with van der Waals surface area (Å²) in [7, 11) is 2.10. The van der Waals surface area contributed by atoms with Crippen LogP contribution in [0.5, 0.6) is 0 Å². The van der Waals surface area contributed by atoms with Crippen molar-refractivity contribution in [2.75, 3.05) is 7.05 Å². The van der Waals surface area contributed by atoms with Gasteiger partial charge in [0.05, 0.1) is 0 Å². The van der Waals surface area contributed by atoms with Crippen LogP contribution in [0.3, 0.4) is 0 Å². The molecule has 1 aromatic heterocycles. The Hall–Kier alpha value is -1.62. The molecule has 1 aliphatic carbocycles. The minimum Gasteiger partial charge on any atom is -0.409 e. The molecular weight excluding hydrogens is 228 g/mol. The van der Waals surface area contributed by atoms with E-state index in [0.29, 0.717) is 11.7 Å². The fraction of sp³-hybridized carbons (Fsp3) is 0.538. The van der Waals surface area contributed by atoms with Gasteiger partial charge in [-0.2, -0.15) is 0 Å². The van der Waals surface area contributed by atoms with Gasteiger partial charge in [-0.1, -0.05) is 11.2 Å². The van der Waals surface area contributed by atoms with Gasteiger partial charge in [0.15, 0.2) is 5.84 Å². The Morgan fingerprint density at radius 3 is 3.00 bits per heavy atom. The van der Waals surface area contributed by atoms with Gasteiger partial charge >= 0.3 is 0 Å². The highest BCUT2D eigenvalue weighted by Gasteiger charge is 2.30. The Morgan fingerprint density at radius 2 is 2.39 bits per heavy atom. The average molecular weight is 248 g/mol. The molecule has 0 amide bonds. The average Bonchev–Trinajstić information content (AvgIpc) is 3.22. The maximum atomic E-state index is 8.76. The first kappa shape index (κ1) is 12.8. The molecule has 3 N–H and O–H groups in total. The van der Waals surface area contributed by atoms with Crippen LogP contribution in [0.2, 0.25) is 0 Å². The van der Waals surface area contributed by atoms with Crippen molar-refractivity contribution in [1.82, 2.24) is 9.88 Å². The molecule has 0 bridgehead atoms. The second-order valence-electron chi connectivity index (χ2n) is 4.99. The highest BCUT2D eigenvalue weighted by Crippen LogP contribution is 2.35. The lowest BCUT2D eigenvalue weighted by Crippen LogP contribution is -2.31. The van der Waals surface area contributed by atoms with Crippen LogP contribution in [0.4, 0.5) is 0 Å². The number of amidine groups is 1. The smallest absolute Gasteiger partial charge is 0.189 e. The lowest BCUT2D eigenvalue weighted by atomic mass is 10.1. The maximum absolute atomic E-state index is 8.76.